The maximum absolute atomic E-state index is 5.40. The second kappa shape index (κ2) is 9.03. The summed E-state index contributed by atoms with van der Waals surface area (Å²) in [5, 5.41) is 6.78. The molecule has 0 aliphatic heterocycles. The molecule has 5 nitrogen and oxygen atoms in total. The third kappa shape index (κ3) is 5.20. The molecule has 0 aliphatic rings. The Balaban J connectivity index is 1.63. The second-order valence-corrected chi connectivity index (χ2v) is 6.48. The lowest BCUT2D eigenvalue weighted by atomic mass is 10.1. The van der Waals surface area contributed by atoms with Crippen molar-refractivity contribution in [2.45, 2.75) is 26.3 Å². The maximum atomic E-state index is 5.40. The molecular weight excluding hydrogens is 336 g/mol. The van der Waals surface area contributed by atoms with E-state index in [0.717, 1.165) is 35.8 Å². The molecule has 3 aromatic rings. The highest BCUT2D eigenvalue weighted by molar-refractivity contribution is 5.44. The SMILES string of the molecule is COc1ccccc1CCNc1nc(C)cc(N[C@@H](C)c2ccccc2)n1. The lowest BCUT2D eigenvalue weighted by molar-refractivity contribution is 0.410. The van der Waals surface area contributed by atoms with Crippen molar-refractivity contribution in [3.63, 3.8) is 0 Å². The number of rotatable bonds is 8. The van der Waals surface area contributed by atoms with E-state index in [2.05, 4.69) is 45.7 Å². The van der Waals surface area contributed by atoms with E-state index in [1.807, 2.05) is 49.4 Å². The summed E-state index contributed by atoms with van der Waals surface area (Å²) in [4.78, 5) is 9.10. The van der Waals surface area contributed by atoms with Gasteiger partial charge >= 0.3 is 0 Å². The van der Waals surface area contributed by atoms with Crippen LogP contribution in [0.1, 0.15) is 29.8 Å². The van der Waals surface area contributed by atoms with Gasteiger partial charge < -0.3 is 15.4 Å². The van der Waals surface area contributed by atoms with Gasteiger partial charge in [-0.15, -0.1) is 0 Å². The normalized spacial score (nSPS) is 11.7. The average Bonchev–Trinajstić information content (AvgIpc) is 2.68. The van der Waals surface area contributed by atoms with Crippen molar-refractivity contribution in [3.8, 4) is 5.75 Å². The van der Waals surface area contributed by atoms with Gasteiger partial charge in [-0.1, -0.05) is 48.5 Å². The largest absolute Gasteiger partial charge is 0.496 e. The number of nitrogens with one attached hydrogen (secondary N) is 2. The summed E-state index contributed by atoms with van der Waals surface area (Å²) >= 11 is 0. The summed E-state index contributed by atoms with van der Waals surface area (Å²) in [6, 6.07) is 20.5. The van der Waals surface area contributed by atoms with Crippen LogP contribution in [0, 0.1) is 6.92 Å². The molecular formula is C22H26N4O. The van der Waals surface area contributed by atoms with Crippen molar-refractivity contribution in [2.75, 3.05) is 24.3 Å². The van der Waals surface area contributed by atoms with E-state index >= 15 is 0 Å². The first-order chi connectivity index (χ1) is 13.2. The van der Waals surface area contributed by atoms with E-state index in [1.165, 1.54) is 5.56 Å². The van der Waals surface area contributed by atoms with Crippen molar-refractivity contribution in [1.29, 1.82) is 0 Å². The standard InChI is InChI=1S/C22H26N4O/c1-16-15-21(25-17(2)18-9-5-4-6-10-18)26-22(24-16)23-14-13-19-11-7-8-12-20(19)27-3/h4-12,15,17H,13-14H2,1-3H3,(H2,23,24,25,26)/t17-/m0/s1. The third-order valence-corrected chi connectivity index (χ3v) is 4.39. The molecule has 0 amide bonds. The molecule has 0 aliphatic carbocycles. The van der Waals surface area contributed by atoms with Gasteiger partial charge in [0.25, 0.3) is 0 Å². The monoisotopic (exact) mass is 362 g/mol. The number of hydrogen-bond donors (Lipinski definition) is 2. The van der Waals surface area contributed by atoms with E-state index in [-0.39, 0.29) is 6.04 Å². The molecule has 27 heavy (non-hydrogen) atoms. The minimum atomic E-state index is 0.168. The first-order valence-electron chi connectivity index (χ1n) is 9.18. The summed E-state index contributed by atoms with van der Waals surface area (Å²) in [7, 11) is 1.70. The quantitative estimate of drug-likeness (QED) is 0.612. The molecule has 0 bridgehead atoms. The third-order valence-electron chi connectivity index (χ3n) is 4.39. The van der Waals surface area contributed by atoms with E-state index < -0.39 is 0 Å². The number of benzene rings is 2. The molecule has 2 aromatic carbocycles. The van der Waals surface area contributed by atoms with Gasteiger partial charge in [0.1, 0.15) is 11.6 Å². The van der Waals surface area contributed by atoms with Crippen LogP contribution in [0.5, 0.6) is 5.75 Å². The highest BCUT2D eigenvalue weighted by atomic mass is 16.5. The number of anilines is 2. The van der Waals surface area contributed by atoms with Gasteiger partial charge in [-0.25, -0.2) is 4.98 Å². The molecule has 1 heterocycles. The smallest absolute Gasteiger partial charge is 0.224 e. The second-order valence-electron chi connectivity index (χ2n) is 6.48. The van der Waals surface area contributed by atoms with Gasteiger partial charge in [-0.2, -0.15) is 4.98 Å². The van der Waals surface area contributed by atoms with Crippen molar-refractivity contribution < 1.29 is 4.74 Å². The molecule has 0 saturated heterocycles. The van der Waals surface area contributed by atoms with Crippen molar-refractivity contribution in [1.82, 2.24) is 9.97 Å². The molecule has 140 valence electrons. The van der Waals surface area contributed by atoms with E-state index in [1.54, 1.807) is 7.11 Å². The Hall–Kier alpha value is -3.08. The van der Waals surface area contributed by atoms with Crippen molar-refractivity contribution in [3.05, 3.63) is 77.5 Å². The molecule has 5 heteroatoms. The van der Waals surface area contributed by atoms with E-state index in [0.29, 0.717) is 5.95 Å². The number of aryl methyl sites for hydroxylation is 1. The zero-order chi connectivity index (χ0) is 19.1. The Morgan fingerprint density at radius 3 is 2.52 bits per heavy atom. The predicted octanol–water partition coefficient (Wildman–Crippen LogP) is 4.62. The van der Waals surface area contributed by atoms with Crippen LogP contribution >= 0.6 is 0 Å². The fraction of sp³-hybridized carbons (Fsp3) is 0.273. The lowest BCUT2D eigenvalue weighted by Gasteiger charge is -2.16. The van der Waals surface area contributed by atoms with Crippen molar-refractivity contribution in [2.24, 2.45) is 0 Å². The first-order valence-corrected chi connectivity index (χ1v) is 9.18. The zero-order valence-corrected chi connectivity index (χ0v) is 16.1. The van der Waals surface area contributed by atoms with Gasteiger partial charge in [0.2, 0.25) is 5.95 Å². The number of hydrogen-bond acceptors (Lipinski definition) is 5. The maximum Gasteiger partial charge on any atom is 0.224 e. The lowest BCUT2D eigenvalue weighted by Crippen LogP contribution is -2.12. The summed E-state index contributed by atoms with van der Waals surface area (Å²) in [5.41, 5.74) is 3.31. The summed E-state index contributed by atoms with van der Waals surface area (Å²) in [5.74, 6) is 2.36. The fourth-order valence-electron chi connectivity index (χ4n) is 2.99. The molecule has 2 N–H and O–H groups in total. The number of nitrogens with zero attached hydrogens (tertiary/aromatic N) is 2. The van der Waals surface area contributed by atoms with Gasteiger partial charge in [-0.05, 0) is 37.5 Å². The molecule has 0 saturated carbocycles. The molecule has 0 spiro atoms. The molecule has 0 unspecified atom stereocenters. The Morgan fingerprint density at radius 1 is 1.00 bits per heavy atom. The number of methoxy groups -OCH3 is 1. The number of aromatic nitrogens is 2. The Morgan fingerprint density at radius 2 is 1.74 bits per heavy atom. The molecule has 0 radical (unpaired) electrons. The number of ether oxygens (including phenoxy) is 1. The highest BCUT2D eigenvalue weighted by Crippen LogP contribution is 2.20. The van der Waals surface area contributed by atoms with Crippen LogP contribution in [0.25, 0.3) is 0 Å². The first kappa shape index (κ1) is 18.7. The summed E-state index contributed by atoms with van der Waals surface area (Å²) in [6.07, 6.45) is 0.838. The predicted molar refractivity (Wildman–Crippen MR) is 110 cm³/mol. The molecule has 0 fully saturated rings. The minimum Gasteiger partial charge on any atom is -0.496 e. The van der Waals surface area contributed by atoms with Crippen LogP contribution in [0.3, 0.4) is 0 Å². The Bertz CT molecular complexity index is 867. The van der Waals surface area contributed by atoms with Crippen LogP contribution in [-0.2, 0) is 6.42 Å². The highest BCUT2D eigenvalue weighted by Gasteiger charge is 2.08. The van der Waals surface area contributed by atoms with Crippen molar-refractivity contribution >= 4 is 11.8 Å². The summed E-state index contributed by atoms with van der Waals surface area (Å²) in [6.45, 7) is 4.84. The Kier molecular flexibility index (Phi) is 6.26. The van der Waals surface area contributed by atoms with Gasteiger partial charge in [0.15, 0.2) is 0 Å². The topological polar surface area (TPSA) is 59.1 Å². The van der Waals surface area contributed by atoms with Gasteiger partial charge in [-0.3, -0.25) is 0 Å². The fourth-order valence-corrected chi connectivity index (χ4v) is 2.99. The van der Waals surface area contributed by atoms with Crippen LogP contribution in [-0.4, -0.2) is 23.6 Å². The van der Waals surface area contributed by atoms with Crippen LogP contribution < -0.4 is 15.4 Å². The van der Waals surface area contributed by atoms with E-state index in [9.17, 15) is 0 Å². The molecule has 3 rings (SSSR count). The van der Waals surface area contributed by atoms with Crippen LogP contribution in [0.4, 0.5) is 11.8 Å². The molecule has 1 atom stereocenters. The Labute approximate surface area is 160 Å². The number of para-hydroxylation sites is 1. The average molecular weight is 362 g/mol. The minimum absolute atomic E-state index is 0.168. The summed E-state index contributed by atoms with van der Waals surface area (Å²) < 4.78 is 5.40. The van der Waals surface area contributed by atoms with Crippen LogP contribution in [0.15, 0.2) is 60.7 Å². The van der Waals surface area contributed by atoms with Crippen LogP contribution in [0.2, 0.25) is 0 Å². The molecule has 1 aromatic heterocycles. The van der Waals surface area contributed by atoms with Gasteiger partial charge in [0.05, 0.1) is 7.11 Å². The van der Waals surface area contributed by atoms with Gasteiger partial charge in [0, 0.05) is 24.3 Å². The zero-order valence-electron chi connectivity index (χ0n) is 16.1. The van der Waals surface area contributed by atoms with E-state index in [4.69, 9.17) is 4.74 Å².